The van der Waals surface area contributed by atoms with E-state index >= 15 is 0 Å². The molecule has 0 aliphatic carbocycles. The van der Waals surface area contributed by atoms with Crippen LogP contribution in [-0.2, 0) is 4.74 Å². The Kier molecular flexibility index (Phi) is 5.50. The molecule has 1 rings (SSSR count). The minimum atomic E-state index is 0.284. The Morgan fingerprint density at radius 3 is 2.31 bits per heavy atom. The lowest BCUT2D eigenvalue weighted by molar-refractivity contribution is 0.0614. The van der Waals surface area contributed by atoms with Crippen LogP contribution in [-0.4, -0.2) is 19.3 Å². The summed E-state index contributed by atoms with van der Waals surface area (Å²) in [6, 6.07) is 8.94. The van der Waals surface area contributed by atoms with Crippen LogP contribution >= 0.6 is 0 Å². The summed E-state index contributed by atoms with van der Waals surface area (Å²) in [5, 5.41) is 3.45. The zero-order valence-corrected chi connectivity index (χ0v) is 10.8. The second-order valence-electron chi connectivity index (χ2n) is 4.40. The van der Waals surface area contributed by atoms with Crippen molar-refractivity contribution < 1.29 is 4.74 Å². The van der Waals surface area contributed by atoms with Crippen LogP contribution in [0.4, 0.5) is 0 Å². The number of aryl methyl sites for hydroxylation is 1. The SMILES string of the molecule is CCNC(COC(C)C)c1ccc(C)cc1. The Labute approximate surface area is 99.0 Å². The highest BCUT2D eigenvalue weighted by Gasteiger charge is 2.10. The Hall–Kier alpha value is -0.860. The summed E-state index contributed by atoms with van der Waals surface area (Å²) in [4.78, 5) is 0. The highest BCUT2D eigenvalue weighted by Crippen LogP contribution is 2.14. The number of benzene rings is 1. The molecule has 0 heterocycles. The fourth-order valence-corrected chi connectivity index (χ4v) is 1.61. The number of likely N-dealkylation sites (N-methyl/N-ethyl adjacent to an activating group) is 1. The molecule has 16 heavy (non-hydrogen) atoms. The van der Waals surface area contributed by atoms with Gasteiger partial charge < -0.3 is 10.1 Å². The fraction of sp³-hybridized carbons (Fsp3) is 0.571. The van der Waals surface area contributed by atoms with E-state index in [4.69, 9.17) is 4.74 Å². The average molecular weight is 221 g/mol. The van der Waals surface area contributed by atoms with E-state index in [-0.39, 0.29) is 6.10 Å². The number of ether oxygens (including phenoxy) is 1. The average Bonchev–Trinajstić information content (AvgIpc) is 2.25. The van der Waals surface area contributed by atoms with E-state index in [9.17, 15) is 0 Å². The van der Waals surface area contributed by atoms with Gasteiger partial charge in [-0.15, -0.1) is 0 Å². The maximum atomic E-state index is 5.68. The first-order valence-electron chi connectivity index (χ1n) is 6.05. The molecule has 0 aliphatic heterocycles. The normalized spacial score (nSPS) is 13.1. The van der Waals surface area contributed by atoms with E-state index in [1.807, 2.05) is 0 Å². The third kappa shape index (κ3) is 4.33. The number of hydrogen-bond acceptors (Lipinski definition) is 2. The van der Waals surface area contributed by atoms with Crippen molar-refractivity contribution in [2.75, 3.05) is 13.2 Å². The predicted octanol–water partition coefficient (Wildman–Crippen LogP) is 3.07. The Bertz CT molecular complexity index is 292. The molecule has 0 aromatic heterocycles. The van der Waals surface area contributed by atoms with Gasteiger partial charge in [-0.3, -0.25) is 0 Å². The minimum absolute atomic E-state index is 0.284. The van der Waals surface area contributed by atoms with Gasteiger partial charge in [-0.2, -0.15) is 0 Å². The molecule has 0 radical (unpaired) electrons. The van der Waals surface area contributed by atoms with E-state index in [0.717, 1.165) is 13.2 Å². The van der Waals surface area contributed by atoms with Gasteiger partial charge in [0, 0.05) is 0 Å². The molecule has 0 fully saturated rings. The van der Waals surface area contributed by atoms with Crippen molar-refractivity contribution in [1.82, 2.24) is 5.32 Å². The summed E-state index contributed by atoms with van der Waals surface area (Å²) in [6.45, 7) is 10.1. The Morgan fingerprint density at radius 1 is 1.19 bits per heavy atom. The summed E-state index contributed by atoms with van der Waals surface area (Å²) in [5.41, 5.74) is 2.59. The first-order chi connectivity index (χ1) is 7.63. The Balaban J connectivity index is 2.64. The summed E-state index contributed by atoms with van der Waals surface area (Å²) in [7, 11) is 0. The van der Waals surface area contributed by atoms with E-state index in [2.05, 4.69) is 57.3 Å². The Morgan fingerprint density at radius 2 is 1.81 bits per heavy atom. The van der Waals surface area contributed by atoms with Crippen molar-refractivity contribution >= 4 is 0 Å². The topological polar surface area (TPSA) is 21.3 Å². The minimum Gasteiger partial charge on any atom is -0.377 e. The van der Waals surface area contributed by atoms with Crippen LogP contribution in [0.15, 0.2) is 24.3 Å². The zero-order valence-electron chi connectivity index (χ0n) is 10.8. The van der Waals surface area contributed by atoms with Crippen LogP contribution in [0.2, 0.25) is 0 Å². The fourth-order valence-electron chi connectivity index (χ4n) is 1.61. The lowest BCUT2D eigenvalue weighted by atomic mass is 10.1. The predicted molar refractivity (Wildman–Crippen MR) is 68.7 cm³/mol. The highest BCUT2D eigenvalue weighted by molar-refractivity contribution is 5.24. The van der Waals surface area contributed by atoms with E-state index in [1.165, 1.54) is 11.1 Å². The molecule has 1 aromatic rings. The number of rotatable bonds is 6. The third-order valence-corrected chi connectivity index (χ3v) is 2.53. The summed E-state index contributed by atoms with van der Waals surface area (Å²) in [6.07, 6.45) is 0.284. The third-order valence-electron chi connectivity index (χ3n) is 2.53. The molecule has 90 valence electrons. The van der Waals surface area contributed by atoms with Crippen molar-refractivity contribution in [2.24, 2.45) is 0 Å². The summed E-state index contributed by atoms with van der Waals surface area (Å²) < 4.78 is 5.68. The van der Waals surface area contributed by atoms with Crippen molar-refractivity contribution in [3.05, 3.63) is 35.4 Å². The largest absolute Gasteiger partial charge is 0.377 e. The second-order valence-corrected chi connectivity index (χ2v) is 4.40. The standard InChI is InChI=1S/C14H23NO/c1-5-15-14(10-16-11(2)3)13-8-6-12(4)7-9-13/h6-9,11,14-15H,5,10H2,1-4H3. The van der Waals surface area contributed by atoms with Crippen molar-refractivity contribution in [3.63, 3.8) is 0 Å². The molecule has 2 heteroatoms. The molecule has 0 aliphatic rings. The van der Waals surface area contributed by atoms with Crippen LogP contribution in [0.25, 0.3) is 0 Å². The smallest absolute Gasteiger partial charge is 0.0664 e. The van der Waals surface area contributed by atoms with Crippen molar-refractivity contribution in [3.8, 4) is 0 Å². The van der Waals surface area contributed by atoms with E-state index < -0.39 is 0 Å². The summed E-state index contributed by atoms with van der Waals surface area (Å²) in [5.74, 6) is 0. The molecule has 1 N–H and O–H groups in total. The molecule has 0 saturated carbocycles. The van der Waals surface area contributed by atoms with Crippen LogP contribution < -0.4 is 5.32 Å². The van der Waals surface area contributed by atoms with Crippen LogP contribution in [0.1, 0.15) is 37.9 Å². The van der Waals surface area contributed by atoms with Crippen molar-refractivity contribution in [1.29, 1.82) is 0 Å². The molecule has 1 unspecified atom stereocenters. The molecular weight excluding hydrogens is 198 g/mol. The lowest BCUT2D eigenvalue weighted by Gasteiger charge is -2.20. The van der Waals surface area contributed by atoms with Crippen LogP contribution in [0, 0.1) is 6.92 Å². The summed E-state index contributed by atoms with van der Waals surface area (Å²) >= 11 is 0. The quantitative estimate of drug-likeness (QED) is 0.797. The molecule has 2 nitrogen and oxygen atoms in total. The van der Waals surface area contributed by atoms with Crippen LogP contribution in [0.5, 0.6) is 0 Å². The van der Waals surface area contributed by atoms with Gasteiger partial charge in [0.1, 0.15) is 0 Å². The van der Waals surface area contributed by atoms with Gasteiger partial charge in [-0.05, 0) is 32.9 Å². The highest BCUT2D eigenvalue weighted by atomic mass is 16.5. The molecule has 0 bridgehead atoms. The van der Waals surface area contributed by atoms with Gasteiger partial charge >= 0.3 is 0 Å². The molecule has 1 aromatic carbocycles. The van der Waals surface area contributed by atoms with Gasteiger partial charge in [0.25, 0.3) is 0 Å². The second kappa shape index (κ2) is 6.66. The van der Waals surface area contributed by atoms with Gasteiger partial charge in [-0.1, -0.05) is 36.8 Å². The van der Waals surface area contributed by atoms with E-state index in [1.54, 1.807) is 0 Å². The molecule has 0 saturated heterocycles. The first-order valence-corrected chi connectivity index (χ1v) is 6.05. The molecule has 0 spiro atoms. The van der Waals surface area contributed by atoms with Gasteiger partial charge in [0.05, 0.1) is 18.8 Å². The van der Waals surface area contributed by atoms with Crippen molar-refractivity contribution in [2.45, 2.75) is 39.8 Å². The van der Waals surface area contributed by atoms with Gasteiger partial charge in [0.15, 0.2) is 0 Å². The molecule has 0 amide bonds. The van der Waals surface area contributed by atoms with Crippen LogP contribution in [0.3, 0.4) is 0 Å². The molecule has 1 atom stereocenters. The first kappa shape index (κ1) is 13.2. The lowest BCUT2D eigenvalue weighted by Crippen LogP contribution is -2.26. The van der Waals surface area contributed by atoms with E-state index in [0.29, 0.717) is 6.04 Å². The monoisotopic (exact) mass is 221 g/mol. The van der Waals surface area contributed by atoms with Gasteiger partial charge in [0.2, 0.25) is 0 Å². The molecular formula is C14H23NO. The maximum Gasteiger partial charge on any atom is 0.0664 e. The maximum absolute atomic E-state index is 5.68. The number of hydrogen-bond donors (Lipinski definition) is 1. The zero-order chi connectivity index (χ0) is 12.0. The van der Waals surface area contributed by atoms with Gasteiger partial charge in [-0.25, -0.2) is 0 Å². The number of nitrogens with one attached hydrogen (secondary N) is 1.